The second-order valence-corrected chi connectivity index (χ2v) is 9.73. The highest BCUT2D eigenvalue weighted by Crippen LogP contribution is 2.32. The van der Waals surface area contributed by atoms with Gasteiger partial charge in [-0.05, 0) is 67.7 Å². The fourth-order valence-corrected chi connectivity index (χ4v) is 5.15. The number of anilines is 1. The molecule has 1 atom stereocenters. The molecule has 184 valence electrons. The van der Waals surface area contributed by atoms with Crippen molar-refractivity contribution in [2.45, 2.75) is 57.6 Å². The quantitative estimate of drug-likeness (QED) is 0.417. The maximum absolute atomic E-state index is 12.2. The van der Waals surface area contributed by atoms with Crippen molar-refractivity contribution in [3.05, 3.63) is 65.1 Å². The van der Waals surface area contributed by atoms with Crippen molar-refractivity contribution in [1.29, 1.82) is 0 Å². The van der Waals surface area contributed by atoms with Crippen LogP contribution in [0.4, 0.5) is 5.82 Å². The van der Waals surface area contributed by atoms with Gasteiger partial charge < -0.3 is 15.2 Å². The van der Waals surface area contributed by atoms with E-state index in [2.05, 4.69) is 22.4 Å². The Labute approximate surface area is 206 Å². The summed E-state index contributed by atoms with van der Waals surface area (Å²) in [5, 5.41) is 15.3. The number of hydrogen-bond donors (Lipinski definition) is 2. The number of benzene rings is 1. The number of fused-ring (bicyclic) bond motifs is 2. The van der Waals surface area contributed by atoms with Crippen LogP contribution in [-0.4, -0.2) is 58.3 Å². The van der Waals surface area contributed by atoms with Gasteiger partial charge in [0.2, 0.25) is 0 Å². The summed E-state index contributed by atoms with van der Waals surface area (Å²) in [5.41, 5.74) is 4.20. The lowest BCUT2D eigenvalue weighted by molar-refractivity contribution is -0.150. The zero-order valence-electron chi connectivity index (χ0n) is 20.4. The van der Waals surface area contributed by atoms with Gasteiger partial charge in [-0.25, -0.2) is 4.98 Å². The molecule has 5 rings (SSSR count). The van der Waals surface area contributed by atoms with E-state index in [1.54, 1.807) is 0 Å². The van der Waals surface area contributed by atoms with Crippen LogP contribution < -0.4 is 5.32 Å². The molecule has 35 heavy (non-hydrogen) atoms. The van der Waals surface area contributed by atoms with E-state index >= 15 is 0 Å². The van der Waals surface area contributed by atoms with Gasteiger partial charge in [0.25, 0.3) is 0 Å². The normalized spacial score (nSPS) is 16.9. The molecule has 7 nitrogen and oxygen atoms in total. The van der Waals surface area contributed by atoms with Gasteiger partial charge in [0.1, 0.15) is 11.9 Å². The van der Waals surface area contributed by atoms with Crippen molar-refractivity contribution in [2.24, 2.45) is 0 Å². The Morgan fingerprint density at radius 3 is 2.97 bits per heavy atom. The molecule has 2 aliphatic rings. The number of unbranched alkanes of at least 4 members (excludes halogenated alkanes) is 2. The highest BCUT2D eigenvalue weighted by molar-refractivity contribution is 5.90. The number of aromatic nitrogens is 2. The lowest BCUT2D eigenvalue weighted by Gasteiger charge is -2.42. The maximum Gasteiger partial charge on any atom is 0.325 e. The first-order valence-electron chi connectivity index (χ1n) is 12.7. The number of nitrogens with zero attached hydrogens (tertiary/aromatic N) is 3. The molecule has 1 unspecified atom stereocenters. The van der Waals surface area contributed by atoms with Crippen LogP contribution in [0.3, 0.4) is 0 Å². The molecule has 1 aromatic carbocycles. The second kappa shape index (κ2) is 10.7. The van der Waals surface area contributed by atoms with Crippen LogP contribution >= 0.6 is 0 Å². The third-order valence-corrected chi connectivity index (χ3v) is 7.09. The minimum atomic E-state index is -0.823. The van der Waals surface area contributed by atoms with Crippen LogP contribution in [0.5, 0.6) is 0 Å². The number of ether oxygens (including phenoxy) is 1. The van der Waals surface area contributed by atoms with Crippen LogP contribution in [0, 0.1) is 6.92 Å². The Balaban J connectivity index is 1.06. The van der Waals surface area contributed by atoms with Crippen LogP contribution in [0.1, 0.15) is 54.2 Å². The number of carboxylic acids is 1. The summed E-state index contributed by atoms with van der Waals surface area (Å²) in [5.74, 6) is 0.248. The highest BCUT2D eigenvalue weighted by atomic mass is 16.5. The molecule has 2 N–H and O–H groups in total. The van der Waals surface area contributed by atoms with Gasteiger partial charge in [-0.3, -0.25) is 14.7 Å². The van der Waals surface area contributed by atoms with E-state index in [0.717, 1.165) is 72.2 Å². The first-order valence-corrected chi connectivity index (χ1v) is 12.7. The number of aliphatic carboxylic acids is 1. The van der Waals surface area contributed by atoms with Gasteiger partial charge >= 0.3 is 5.97 Å². The molecular formula is C28H34N4O3. The SMILES string of the molecule is Cc1cc2c(C(C(=O)O)N3CC(OCCCCCc4ccc5c(n4)NCCC5)C3)cccc2cn1. The Hall–Kier alpha value is -3.03. The summed E-state index contributed by atoms with van der Waals surface area (Å²) in [6.07, 6.45) is 8.43. The summed E-state index contributed by atoms with van der Waals surface area (Å²) in [4.78, 5) is 23.3. The third kappa shape index (κ3) is 5.46. The molecule has 0 spiro atoms. The maximum atomic E-state index is 12.2. The lowest BCUT2D eigenvalue weighted by atomic mass is 9.95. The molecule has 0 amide bonds. The third-order valence-electron chi connectivity index (χ3n) is 7.09. The standard InChI is InChI=1S/C28H34N4O3/c1-19-15-25-21(16-30-19)7-5-10-24(25)26(28(33)34)32-17-23(18-32)35-14-4-2-3-9-22-12-11-20-8-6-13-29-27(20)31-22/h5,7,10-12,15-16,23,26H,2-4,6,8-9,13-14,17-18H2,1H3,(H,29,31)(H,33,34). The van der Waals surface area contributed by atoms with E-state index in [-0.39, 0.29) is 6.10 Å². The molecule has 0 radical (unpaired) electrons. The molecule has 4 heterocycles. The van der Waals surface area contributed by atoms with E-state index in [1.807, 2.05) is 42.3 Å². The minimum Gasteiger partial charge on any atom is -0.480 e. The fourth-order valence-electron chi connectivity index (χ4n) is 5.15. The number of carboxylic acid groups (broad SMARTS) is 1. The summed E-state index contributed by atoms with van der Waals surface area (Å²) in [7, 11) is 0. The number of hydrogen-bond acceptors (Lipinski definition) is 6. The van der Waals surface area contributed by atoms with Crippen molar-refractivity contribution in [2.75, 3.05) is 31.6 Å². The van der Waals surface area contributed by atoms with Gasteiger partial charge in [0.05, 0.1) is 6.10 Å². The van der Waals surface area contributed by atoms with E-state index < -0.39 is 12.0 Å². The predicted molar refractivity (Wildman–Crippen MR) is 137 cm³/mol. The molecule has 1 fully saturated rings. The average Bonchev–Trinajstić information content (AvgIpc) is 2.84. The molecular weight excluding hydrogens is 440 g/mol. The molecule has 3 aromatic rings. The molecule has 2 aromatic heterocycles. The minimum absolute atomic E-state index is 0.101. The van der Waals surface area contributed by atoms with Gasteiger partial charge in [-0.15, -0.1) is 0 Å². The Morgan fingerprint density at radius 2 is 2.11 bits per heavy atom. The van der Waals surface area contributed by atoms with Crippen LogP contribution in [0.25, 0.3) is 10.8 Å². The van der Waals surface area contributed by atoms with Gasteiger partial charge in [0.15, 0.2) is 0 Å². The van der Waals surface area contributed by atoms with Crippen LogP contribution in [0.2, 0.25) is 0 Å². The lowest BCUT2D eigenvalue weighted by Crippen LogP contribution is -2.55. The number of nitrogens with one attached hydrogen (secondary N) is 1. The molecule has 1 saturated heterocycles. The van der Waals surface area contributed by atoms with Gasteiger partial charge in [0, 0.05) is 49.2 Å². The number of likely N-dealkylation sites (tertiary alicyclic amines) is 1. The number of carbonyl (C=O) groups is 1. The van der Waals surface area contributed by atoms with E-state index in [0.29, 0.717) is 19.7 Å². The second-order valence-electron chi connectivity index (χ2n) is 9.73. The van der Waals surface area contributed by atoms with Gasteiger partial charge in [-0.1, -0.05) is 30.7 Å². The number of aryl methyl sites for hydroxylation is 3. The monoisotopic (exact) mass is 474 g/mol. The zero-order valence-corrected chi connectivity index (χ0v) is 20.4. The van der Waals surface area contributed by atoms with Crippen molar-refractivity contribution in [3.63, 3.8) is 0 Å². The Kier molecular flexibility index (Phi) is 7.25. The van der Waals surface area contributed by atoms with Crippen molar-refractivity contribution >= 4 is 22.6 Å². The summed E-state index contributed by atoms with van der Waals surface area (Å²) < 4.78 is 6.04. The molecule has 0 saturated carbocycles. The molecule has 7 heteroatoms. The van der Waals surface area contributed by atoms with Crippen LogP contribution in [0.15, 0.2) is 42.6 Å². The number of pyridine rings is 2. The molecule has 0 bridgehead atoms. The highest BCUT2D eigenvalue weighted by Gasteiger charge is 2.38. The molecule has 2 aliphatic heterocycles. The van der Waals surface area contributed by atoms with Gasteiger partial charge in [-0.2, -0.15) is 0 Å². The summed E-state index contributed by atoms with van der Waals surface area (Å²) in [6.45, 7) is 4.95. The van der Waals surface area contributed by atoms with E-state index in [9.17, 15) is 9.90 Å². The zero-order chi connectivity index (χ0) is 24.2. The fraction of sp³-hybridized carbons (Fsp3) is 0.464. The van der Waals surface area contributed by atoms with Crippen LogP contribution in [-0.2, 0) is 22.4 Å². The summed E-state index contributed by atoms with van der Waals surface area (Å²) >= 11 is 0. The van der Waals surface area contributed by atoms with E-state index in [4.69, 9.17) is 9.72 Å². The van der Waals surface area contributed by atoms with Crippen molar-refractivity contribution in [3.8, 4) is 0 Å². The Bertz CT molecular complexity index is 1190. The van der Waals surface area contributed by atoms with E-state index in [1.165, 1.54) is 12.0 Å². The average molecular weight is 475 g/mol. The topological polar surface area (TPSA) is 87.6 Å². The van der Waals surface area contributed by atoms with Crippen molar-refractivity contribution < 1.29 is 14.6 Å². The first-order chi connectivity index (χ1) is 17.1. The predicted octanol–water partition coefficient (Wildman–Crippen LogP) is 4.54. The molecule has 0 aliphatic carbocycles. The first kappa shape index (κ1) is 23.7. The van der Waals surface area contributed by atoms with Crippen molar-refractivity contribution in [1.82, 2.24) is 14.9 Å². The Morgan fingerprint density at radius 1 is 1.23 bits per heavy atom. The largest absolute Gasteiger partial charge is 0.480 e. The smallest absolute Gasteiger partial charge is 0.325 e. The number of rotatable bonds is 10. The summed E-state index contributed by atoms with van der Waals surface area (Å²) in [6, 6.07) is 11.5.